The number of carbonyl (C=O) groups is 1. The van der Waals surface area contributed by atoms with Gasteiger partial charge in [-0.1, -0.05) is 0 Å². The standard InChI is InChI=1S/C9H5N3OS/c13-9(12-5-14)6-1-2-7-8(3-6)11-4-10-7/h1-4H,(H,10,11). The zero-order valence-corrected chi connectivity index (χ0v) is 7.84. The first kappa shape index (κ1) is 8.74. The molecule has 68 valence electrons. The number of carbonyl (C=O) groups excluding carboxylic acids is 1. The number of aromatic nitrogens is 2. The molecule has 1 heterocycles. The molecule has 0 unspecified atom stereocenters. The van der Waals surface area contributed by atoms with Gasteiger partial charge in [0, 0.05) is 5.56 Å². The van der Waals surface area contributed by atoms with Crippen LogP contribution in [-0.2, 0) is 0 Å². The van der Waals surface area contributed by atoms with Crippen molar-refractivity contribution in [1.82, 2.24) is 9.97 Å². The van der Waals surface area contributed by atoms with E-state index in [0.717, 1.165) is 11.0 Å². The van der Waals surface area contributed by atoms with Gasteiger partial charge in [0.15, 0.2) is 0 Å². The number of rotatable bonds is 1. The fraction of sp³-hybridized carbons (Fsp3) is 0. The van der Waals surface area contributed by atoms with Gasteiger partial charge in [-0.05, 0) is 30.4 Å². The number of aromatic amines is 1. The van der Waals surface area contributed by atoms with Gasteiger partial charge in [0.1, 0.15) is 0 Å². The highest BCUT2D eigenvalue weighted by atomic mass is 32.1. The third-order valence-electron chi connectivity index (χ3n) is 1.81. The molecule has 0 bridgehead atoms. The number of hydrogen-bond donors (Lipinski definition) is 1. The fourth-order valence-electron chi connectivity index (χ4n) is 1.17. The van der Waals surface area contributed by atoms with Gasteiger partial charge in [-0.25, -0.2) is 4.98 Å². The van der Waals surface area contributed by atoms with E-state index in [1.807, 2.05) is 5.16 Å². The van der Waals surface area contributed by atoms with Crippen molar-refractivity contribution in [1.29, 1.82) is 0 Å². The number of nitrogens with one attached hydrogen (secondary N) is 1. The molecule has 5 heteroatoms. The van der Waals surface area contributed by atoms with Crippen molar-refractivity contribution >= 4 is 34.3 Å². The first-order valence-corrected chi connectivity index (χ1v) is 4.27. The zero-order chi connectivity index (χ0) is 9.97. The highest BCUT2D eigenvalue weighted by molar-refractivity contribution is 7.78. The van der Waals surface area contributed by atoms with Gasteiger partial charge in [-0.2, -0.15) is 4.99 Å². The highest BCUT2D eigenvalue weighted by Gasteiger charge is 2.04. The first-order valence-electron chi connectivity index (χ1n) is 3.86. The summed E-state index contributed by atoms with van der Waals surface area (Å²) in [5.41, 5.74) is 2.09. The van der Waals surface area contributed by atoms with Crippen LogP contribution in [0.3, 0.4) is 0 Å². The lowest BCUT2D eigenvalue weighted by molar-refractivity contribution is 0.100. The molecule has 0 saturated carbocycles. The summed E-state index contributed by atoms with van der Waals surface area (Å²) < 4.78 is 0. The SMILES string of the molecule is O=C(N=C=S)c1ccc2nc[nH]c2c1. The van der Waals surface area contributed by atoms with Crippen LogP contribution >= 0.6 is 12.2 Å². The lowest BCUT2D eigenvalue weighted by atomic mass is 10.2. The minimum atomic E-state index is -0.392. The molecule has 14 heavy (non-hydrogen) atoms. The van der Waals surface area contributed by atoms with Crippen LogP contribution in [-0.4, -0.2) is 21.0 Å². The average Bonchev–Trinajstić information content (AvgIpc) is 2.64. The third-order valence-corrected chi connectivity index (χ3v) is 1.91. The third kappa shape index (κ3) is 1.46. The Morgan fingerprint density at radius 1 is 1.57 bits per heavy atom. The number of isothiocyanates is 1. The molecule has 1 aromatic heterocycles. The van der Waals surface area contributed by atoms with Crippen molar-refractivity contribution in [2.75, 3.05) is 0 Å². The monoisotopic (exact) mass is 203 g/mol. The molecular formula is C9H5N3OS. The number of thiocarbonyl (C=S) groups is 1. The maximum absolute atomic E-state index is 11.3. The summed E-state index contributed by atoms with van der Waals surface area (Å²) in [7, 11) is 0. The van der Waals surface area contributed by atoms with E-state index in [0.29, 0.717) is 5.56 Å². The van der Waals surface area contributed by atoms with Gasteiger partial charge in [0.25, 0.3) is 5.91 Å². The Hall–Kier alpha value is -1.84. The Morgan fingerprint density at radius 3 is 3.21 bits per heavy atom. The second-order valence-electron chi connectivity index (χ2n) is 2.64. The Kier molecular flexibility index (Phi) is 2.18. The molecule has 1 N–H and O–H groups in total. The van der Waals surface area contributed by atoms with E-state index in [2.05, 4.69) is 27.2 Å². The van der Waals surface area contributed by atoms with E-state index >= 15 is 0 Å². The van der Waals surface area contributed by atoms with Crippen molar-refractivity contribution in [2.45, 2.75) is 0 Å². The van der Waals surface area contributed by atoms with E-state index in [4.69, 9.17) is 0 Å². The lowest BCUT2D eigenvalue weighted by Gasteiger charge is -1.93. The molecule has 4 nitrogen and oxygen atoms in total. The summed E-state index contributed by atoms with van der Waals surface area (Å²) in [4.78, 5) is 21.6. The van der Waals surface area contributed by atoms with Crippen LogP contribution in [0.15, 0.2) is 29.5 Å². The number of nitrogens with zero attached hydrogens (tertiary/aromatic N) is 2. The first-order chi connectivity index (χ1) is 6.81. The number of fused-ring (bicyclic) bond motifs is 1. The highest BCUT2D eigenvalue weighted by Crippen LogP contribution is 2.12. The van der Waals surface area contributed by atoms with Gasteiger partial charge >= 0.3 is 0 Å². The number of imidazole rings is 1. The molecule has 1 amide bonds. The number of hydrogen-bond acceptors (Lipinski definition) is 3. The molecule has 2 aromatic rings. The Labute approximate surface area is 84.7 Å². The maximum Gasteiger partial charge on any atom is 0.285 e. The van der Waals surface area contributed by atoms with Gasteiger partial charge in [-0.15, -0.1) is 0 Å². The molecular weight excluding hydrogens is 198 g/mol. The van der Waals surface area contributed by atoms with E-state index in [-0.39, 0.29) is 0 Å². The number of aliphatic imine (C=N–C) groups is 1. The molecule has 0 aliphatic heterocycles. The predicted octanol–water partition coefficient (Wildman–Crippen LogP) is 1.81. The van der Waals surface area contributed by atoms with E-state index < -0.39 is 5.91 Å². The largest absolute Gasteiger partial charge is 0.345 e. The van der Waals surface area contributed by atoms with Crippen LogP contribution in [0, 0.1) is 0 Å². The smallest absolute Gasteiger partial charge is 0.285 e. The normalized spacial score (nSPS) is 9.71. The van der Waals surface area contributed by atoms with Gasteiger partial charge in [-0.3, -0.25) is 4.79 Å². The van der Waals surface area contributed by atoms with Crippen molar-refractivity contribution in [3.63, 3.8) is 0 Å². The minimum Gasteiger partial charge on any atom is -0.345 e. The molecule has 0 radical (unpaired) electrons. The summed E-state index contributed by atoms with van der Waals surface area (Å²) >= 11 is 4.35. The van der Waals surface area contributed by atoms with Crippen molar-refractivity contribution in [3.05, 3.63) is 30.1 Å². The van der Waals surface area contributed by atoms with Gasteiger partial charge in [0.05, 0.1) is 22.5 Å². The van der Waals surface area contributed by atoms with Crippen LogP contribution in [0.25, 0.3) is 11.0 Å². The molecule has 0 saturated heterocycles. The Balaban J connectivity index is 2.53. The zero-order valence-electron chi connectivity index (χ0n) is 7.02. The summed E-state index contributed by atoms with van der Waals surface area (Å²) in [6.45, 7) is 0. The quantitative estimate of drug-likeness (QED) is 0.568. The summed E-state index contributed by atoms with van der Waals surface area (Å²) in [5, 5.41) is 2.04. The molecule has 0 atom stereocenters. The molecule has 1 aromatic carbocycles. The van der Waals surface area contributed by atoms with E-state index in [1.54, 1.807) is 24.5 Å². The summed E-state index contributed by atoms with van der Waals surface area (Å²) in [5.74, 6) is -0.392. The number of H-pyrrole nitrogens is 1. The van der Waals surface area contributed by atoms with Crippen LogP contribution in [0.1, 0.15) is 10.4 Å². The van der Waals surface area contributed by atoms with Crippen molar-refractivity contribution < 1.29 is 4.79 Å². The topological polar surface area (TPSA) is 58.1 Å². The maximum atomic E-state index is 11.3. The second kappa shape index (κ2) is 3.49. The molecule has 0 aliphatic carbocycles. The predicted molar refractivity (Wildman–Crippen MR) is 55.5 cm³/mol. The number of benzene rings is 1. The molecule has 0 fully saturated rings. The van der Waals surface area contributed by atoms with Crippen molar-refractivity contribution in [3.8, 4) is 0 Å². The molecule has 0 spiro atoms. The second-order valence-corrected chi connectivity index (χ2v) is 2.83. The summed E-state index contributed by atoms with van der Waals surface area (Å²) in [6.07, 6.45) is 1.57. The van der Waals surface area contributed by atoms with E-state index in [9.17, 15) is 4.79 Å². The van der Waals surface area contributed by atoms with Crippen LogP contribution in [0.4, 0.5) is 0 Å². The fourth-order valence-corrected chi connectivity index (χ4v) is 1.26. The Morgan fingerprint density at radius 2 is 2.43 bits per heavy atom. The van der Waals surface area contributed by atoms with Crippen LogP contribution in [0.5, 0.6) is 0 Å². The lowest BCUT2D eigenvalue weighted by Crippen LogP contribution is -1.93. The summed E-state index contributed by atoms with van der Waals surface area (Å²) in [6, 6.07) is 5.08. The Bertz CT molecular complexity index is 540. The van der Waals surface area contributed by atoms with Gasteiger partial charge in [0.2, 0.25) is 0 Å². The molecule has 0 aliphatic rings. The average molecular weight is 203 g/mol. The number of amides is 1. The van der Waals surface area contributed by atoms with Crippen LogP contribution in [0.2, 0.25) is 0 Å². The van der Waals surface area contributed by atoms with Gasteiger partial charge < -0.3 is 4.98 Å². The minimum absolute atomic E-state index is 0.392. The van der Waals surface area contributed by atoms with E-state index in [1.165, 1.54) is 0 Å². The molecule has 2 rings (SSSR count). The van der Waals surface area contributed by atoms with Crippen molar-refractivity contribution in [2.24, 2.45) is 4.99 Å². The van der Waals surface area contributed by atoms with Crippen LogP contribution < -0.4 is 0 Å².